The van der Waals surface area contributed by atoms with Gasteiger partial charge in [-0.2, -0.15) is 13.2 Å². The zero-order chi connectivity index (χ0) is 32.2. The van der Waals surface area contributed by atoms with E-state index < -0.39 is 53.4 Å². The third-order valence-corrected chi connectivity index (χ3v) is 8.78. The topological polar surface area (TPSA) is 163 Å². The van der Waals surface area contributed by atoms with Gasteiger partial charge in [0.15, 0.2) is 29.8 Å². The molecule has 1 unspecified atom stereocenters. The maximum atomic E-state index is 13.0. The van der Waals surface area contributed by atoms with Gasteiger partial charge < -0.3 is 39.5 Å². The molecule has 1 spiro atoms. The summed E-state index contributed by atoms with van der Waals surface area (Å²) >= 11 is 0. The first-order valence-corrected chi connectivity index (χ1v) is 13.7. The molecule has 6 rings (SSSR count). The highest BCUT2D eigenvalue weighted by Crippen LogP contribution is 2.65. The number of likely N-dealkylation sites (tertiary alicyclic amines) is 1. The van der Waals surface area contributed by atoms with Crippen LogP contribution >= 0.6 is 0 Å². The molecule has 0 radical (unpaired) electrons. The minimum Gasteiger partial charge on any atom is -0.504 e. The number of benzene rings is 2. The van der Waals surface area contributed by atoms with Crippen molar-refractivity contribution in [2.45, 2.75) is 67.7 Å². The number of carboxylic acids is 1. The summed E-state index contributed by atoms with van der Waals surface area (Å²) in [4.78, 5) is 36.5. The fourth-order valence-corrected chi connectivity index (χ4v) is 6.69. The van der Waals surface area contributed by atoms with E-state index in [-0.39, 0.29) is 24.0 Å². The summed E-state index contributed by atoms with van der Waals surface area (Å²) in [6.07, 6.45) is -5.68. The number of carboxylic acid groups (broad SMARTS) is 1. The monoisotopic (exact) mass is 621 g/mol. The van der Waals surface area contributed by atoms with Crippen molar-refractivity contribution in [3.63, 3.8) is 0 Å². The molecule has 0 amide bonds. The Bertz CT molecular complexity index is 1510. The minimum absolute atomic E-state index is 0.0230. The molecule has 14 heteroatoms. The van der Waals surface area contributed by atoms with E-state index in [2.05, 4.69) is 4.90 Å². The van der Waals surface area contributed by atoms with E-state index in [1.54, 1.807) is 42.5 Å². The molecule has 1 saturated heterocycles. The number of carbonyl (C=O) groups excluding carboxylic acids is 2. The van der Waals surface area contributed by atoms with E-state index in [0.717, 1.165) is 11.1 Å². The molecule has 4 N–H and O–H groups in total. The lowest BCUT2D eigenvalue weighted by atomic mass is 9.50. The SMILES string of the molecule is C[C@H](OC(=O)[C@@H](O)c1ccccc1)C(=O)OC1=CC[C@]2(O)C3Cc4ccc(O)c5c4[C@@]2(CCN3C)[C@H]1O5.O=C(O)C(F)(F)F. The smallest absolute Gasteiger partial charge is 0.490 e. The molecule has 2 bridgehead atoms. The van der Waals surface area contributed by atoms with Gasteiger partial charge in [-0.15, -0.1) is 0 Å². The summed E-state index contributed by atoms with van der Waals surface area (Å²) in [6.45, 7) is 2.07. The van der Waals surface area contributed by atoms with Crippen LogP contribution in [-0.2, 0) is 35.7 Å². The van der Waals surface area contributed by atoms with Crippen molar-refractivity contribution in [2.75, 3.05) is 13.6 Å². The highest BCUT2D eigenvalue weighted by atomic mass is 19.4. The van der Waals surface area contributed by atoms with Crippen molar-refractivity contribution in [3.8, 4) is 11.5 Å². The van der Waals surface area contributed by atoms with Crippen molar-refractivity contribution < 1.29 is 62.2 Å². The fourth-order valence-electron chi connectivity index (χ4n) is 6.69. The van der Waals surface area contributed by atoms with Crippen molar-refractivity contribution in [1.29, 1.82) is 0 Å². The molecular weight excluding hydrogens is 591 g/mol. The molecule has 11 nitrogen and oxygen atoms in total. The van der Waals surface area contributed by atoms with Gasteiger partial charge in [0, 0.05) is 18.0 Å². The Balaban J connectivity index is 0.000000493. The number of aliphatic hydroxyl groups is 2. The van der Waals surface area contributed by atoms with Crippen molar-refractivity contribution in [2.24, 2.45) is 0 Å². The zero-order valence-corrected chi connectivity index (χ0v) is 23.6. The normalized spacial score (nSPS) is 27.8. The molecule has 2 aliphatic heterocycles. The van der Waals surface area contributed by atoms with E-state index in [4.69, 9.17) is 24.1 Å². The molecule has 2 aliphatic carbocycles. The van der Waals surface area contributed by atoms with Gasteiger partial charge in [0.1, 0.15) is 5.76 Å². The average molecular weight is 622 g/mol. The summed E-state index contributed by atoms with van der Waals surface area (Å²) < 4.78 is 48.9. The number of rotatable bonds is 5. The number of halogens is 3. The quantitative estimate of drug-likeness (QED) is 0.363. The minimum atomic E-state index is -5.08. The van der Waals surface area contributed by atoms with Crippen LogP contribution in [0, 0.1) is 0 Å². The standard InChI is InChI=1S/C28H29NO8.C2HF3O2/c1-15(35-26(33)22(31)16-6-4-3-5-7-16)25(32)36-19-10-11-28(34)20-14-17-8-9-18(30)23-21(17)27(28,24(19)37-23)12-13-29(20)2;3-2(4,5)1(6)7/h3-10,15,20,22,24,30-31,34H,11-14H2,1-2H3;(H,6,7)/t15-,20?,22-,24-,27-,28-;/m0./s1. The summed E-state index contributed by atoms with van der Waals surface area (Å²) in [5, 5.41) is 40.2. The first-order valence-electron chi connectivity index (χ1n) is 13.7. The second-order valence-electron chi connectivity index (χ2n) is 11.2. The summed E-state index contributed by atoms with van der Waals surface area (Å²) in [5.74, 6) is -4.04. The van der Waals surface area contributed by atoms with Gasteiger partial charge in [-0.3, -0.25) is 0 Å². The van der Waals surface area contributed by atoms with Gasteiger partial charge in [0.25, 0.3) is 0 Å². The first-order chi connectivity index (χ1) is 20.6. The lowest BCUT2D eigenvalue weighted by Gasteiger charge is -2.61. The van der Waals surface area contributed by atoms with Gasteiger partial charge in [-0.25, -0.2) is 14.4 Å². The molecule has 6 atom stereocenters. The predicted octanol–water partition coefficient (Wildman–Crippen LogP) is 2.51. The Kier molecular flexibility index (Phi) is 7.89. The third-order valence-electron chi connectivity index (χ3n) is 8.78. The molecule has 4 aliphatic rings. The van der Waals surface area contributed by atoms with Crippen LogP contribution in [0.15, 0.2) is 54.3 Å². The zero-order valence-electron chi connectivity index (χ0n) is 23.6. The van der Waals surface area contributed by atoms with Gasteiger partial charge in [0.2, 0.25) is 0 Å². The molecule has 236 valence electrons. The van der Waals surface area contributed by atoms with Crippen LogP contribution in [-0.4, -0.2) is 86.9 Å². The van der Waals surface area contributed by atoms with Crippen LogP contribution in [0.1, 0.15) is 42.6 Å². The van der Waals surface area contributed by atoms with Crippen LogP contribution in [0.25, 0.3) is 0 Å². The molecule has 0 aromatic heterocycles. The summed E-state index contributed by atoms with van der Waals surface area (Å²) in [5.41, 5.74) is 0.0745. The number of hydrogen-bond acceptors (Lipinski definition) is 10. The van der Waals surface area contributed by atoms with Gasteiger partial charge in [0.05, 0.1) is 11.0 Å². The number of ether oxygens (including phenoxy) is 3. The Morgan fingerprint density at radius 2 is 1.77 bits per heavy atom. The van der Waals surface area contributed by atoms with E-state index in [9.17, 15) is 38.1 Å². The number of likely N-dealkylation sites (N-methyl/N-ethyl adjacent to an activating group) is 1. The molecule has 2 aromatic carbocycles. The number of aromatic hydroxyl groups is 1. The van der Waals surface area contributed by atoms with Crippen LogP contribution in [0.4, 0.5) is 13.2 Å². The fraction of sp³-hybridized carbons (Fsp3) is 0.433. The van der Waals surface area contributed by atoms with E-state index >= 15 is 0 Å². The Morgan fingerprint density at radius 1 is 1.11 bits per heavy atom. The number of carbonyl (C=O) groups is 3. The highest BCUT2D eigenvalue weighted by Gasteiger charge is 2.72. The van der Waals surface area contributed by atoms with Crippen molar-refractivity contribution >= 4 is 17.9 Å². The second-order valence-corrected chi connectivity index (χ2v) is 11.2. The van der Waals surface area contributed by atoms with Crippen molar-refractivity contribution in [1.82, 2.24) is 4.90 Å². The molecule has 2 heterocycles. The molecule has 44 heavy (non-hydrogen) atoms. The largest absolute Gasteiger partial charge is 0.504 e. The number of piperidine rings is 1. The Morgan fingerprint density at radius 3 is 2.41 bits per heavy atom. The van der Waals surface area contributed by atoms with Crippen molar-refractivity contribution in [3.05, 3.63) is 71.0 Å². The van der Waals surface area contributed by atoms with Crippen LogP contribution in [0.5, 0.6) is 11.5 Å². The first kappa shape index (κ1) is 31.3. The third kappa shape index (κ3) is 4.96. The maximum absolute atomic E-state index is 13.0. The molecular formula is C30H30F3NO10. The van der Waals surface area contributed by atoms with E-state index in [0.29, 0.717) is 30.7 Å². The Labute approximate surface area is 249 Å². The van der Waals surface area contributed by atoms with Gasteiger partial charge in [-0.05, 0) is 56.6 Å². The lowest BCUT2D eigenvalue weighted by molar-refractivity contribution is -0.192. The second kappa shape index (κ2) is 11.1. The maximum Gasteiger partial charge on any atom is 0.490 e. The molecule has 2 aromatic rings. The Hall–Kier alpha value is -4.14. The van der Waals surface area contributed by atoms with Gasteiger partial charge >= 0.3 is 24.1 Å². The number of hydrogen-bond donors (Lipinski definition) is 4. The summed E-state index contributed by atoms with van der Waals surface area (Å²) in [6, 6.07) is 11.6. The number of phenolic OH excluding ortho intramolecular Hbond substituents is 1. The molecule has 0 saturated carbocycles. The number of esters is 2. The highest BCUT2D eigenvalue weighted by molar-refractivity contribution is 5.82. The van der Waals surface area contributed by atoms with Crippen LogP contribution < -0.4 is 4.74 Å². The van der Waals surface area contributed by atoms with Crippen LogP contribution in [0.3, 0.4) is 0 Å². The molecule has 1 fully saturated rings. The lowest BCUT2D eigenvalue weighted by Crippen LogP contribution is -2.74. The number of alkyl halides is 3. The van der Waals surface area contributed by atoms with Crippen LogP contribution in [0.2, 0.25) is 0 Å². The number of nitrogens with zero attached hydrogens (tertiary/aromatic N) is 1. The van der Waals surface area contributed by atoms with Gasteiger partial charge in [-0.1, -0.05) is 36.4 Å². The van der Waals surface area contributed by atoms with E-state index in [1.807, 2.05) is 13.1 Å². The number of phenols is 1. The number of aliphatic carboxylic acids is 1. The predicted molar refractivity (Wildman–Crippen MR) is 143 cm³/mol. The summed E-state index contributed by atoms with van der Waals surface area (Å²) in [7, 11) is 1.99. The average Bonchev–Trinajstić information content (AvgIpc) is 3.34. The number of aliphatic hydroxyl groups excluding tert-OH is 1. The van der Waals surface area contributed by atoms with E-state index in [1.165, 1.54) is 6.92 Å².